The van der Waals surface area contributed by atoms with Crippen LogP contribution in [-0.2, 0) is 7.05 Å². The van der Waals surface area contributed by atoms with Crippen LogP contribution in [0.5, 0.6) is 0 Å². The summed E-state index contributed by atoms with van der Waals surface area (Å²) in [4.78, 5) is 4.58. The van der Waals surface area contributed by atoms with E-state index in [4.69, 9.17) is 0 Å². The highest BCUT2D eigenvalue weighted by Crippen LogP contribution is 2.26. The third-order valence-corrected chi connectivity index (χ3v) is 4.45. The molecule has 0 bridgehead atoms. The number of hydrogen-bond donors (Lipinski definition) is 1. The van der Waals surface area contributed by atoms with Crippen LogP contribution in [0.3, 0.4) is 0 Å². The summed E-state index contributed by atoms with van der Waals surface area (Å²) in [6, 6.07) is 2.76. The van der Waals surface area contributed by atoms with Crippen molar-refractivity contribution in [3.8, 4) is 0 Å². The highest BCUT2D eigenvalue weighted by atomic mass is 32.2. The van der Waals surface area contributed by atoms with Crippen LogP contribution in [0.1, 0.15) is 29.8 Å². The quantitative estimate of drug-likeness (QED) is 0.888. The number of aromatic nitrogens is 1. The highest BCUT2D eigenvalue weighted by molar-refractivity contribution is 8.14. The SMILES string of the molecule is Cc1cc(C2=NNC(=NC3CC3)SC2)c(C)n1C. The first-order chi connectivity index (χ1) is 8.65. The van der Waals surface area contributed by atoms with Crippen molar-refractivity contribution in [3.63, 3.8) is 0 Å². The van der Waals surface area contributed by atoms with E-state index < -0.39 is 0 Å². The molecular weight excluding hydrogens is 244 g/mol. The zero-order chi connectivity index (χ0) is 12.7. The molecule has 0 atom stereocenters. The Morgan fingerprint density at radius 3 is 2.72 bits per heavy atom. The summed E-state index contributed by atoms with van der Waals surface area (Å²) < 4.78 is 2.20. The Balaban J connectivity index is 1.81. The molecule has 0 unspecified atom stereocenters. The van der Waals surface area contributed by atoms with Crippen LogP contribution < -0.4 is 5.43 Å². The molecule has 1 aliphatic carbocycles. The molecule has 96 valence electrons. The molecule has 3 rings (SSSR count). The van der Waals surface area contributed by atoms with Crippen molar-refractivity contribution in [2.75, 3.05) is 5.75 Å². The number of aliphatic imine (C=N–C) groups is 1. The Labute approximate surface area is 112 Å². The van der Waals surface area contributed by atoms with Crippen molar-refractivity contribution in [1.82, 2.24) is 9.99 Å². The Bertz CT molecular complexity index is 537. The molecule has 1 aromatic heterocycles. The van der Waals surface area contributed by atoms with Gasteiger partial charge in [0.2, 0.25) is 0 Å². The van der Waals surface area contributed by atoms with Crippen LogP contribution in [-0.4, -0.2) is 27.2 Å². The third-order valence-electron chi connectivity index (χ3n) is 3.56. The monoisotopic (exact) mass is 262 g/mol. The van der Waals surface area contributed by atoms with Gasteiger partial charge in [0, 0.05) is 29.8 Å². The maximum absolute atomic E-state index is 4.58. The zero-order valence-corrected chi connectivity index (χ0v) is 11.8. The number of nitrogens with one attached hydrogen (secondary N) is 1. The minimum atomic E-state index is 0.553. The van der Waals surface area contributed by atoms with E-state index in [1.807, 2.05) is 0 Å². The van der Waals surface area contributed by atoms with E-state index in [1.165, 1.54) is 29.8 Å². The van der Waals surface area contributed by atoms with Crippen molar-refractivity contribution >= 4 is 22.6 Å². The fourth-order valence-corrected chi connectivity index (χ4v) is 2.86. The molecule has 1 fully saturated rings. The predicted octanol–water partition coefficient (Wildman–Crippen LogP) is 2.20. The van der Waals surface area contributed by atoms with Crippen LogP contribution in [0.2, 0.25) is 0 Å². The molecule has 1 aliphatic heterocycles. The average molecular weight is 262 g/mol. The van der Waals surface area contributed by atoms with Gasteiger partial charge in [0.15, 0.2) is 5.17 Å². The summed E-state index contributed by atoms with van der Waals surface area (Å²) >= 11 is 1.76. The van der Waals surface area contributed by atoms with Crippen molar-refractivity contribution < 1.29 is 0 Å². The van der Waals surface area contributed by atoms with Gasteiger partial charge in [-0.05, 0) is 32.8 Å². The molecule has 0 amide bonds. The second-order valence-electron chi connectivity index (χ2n) is 4.97. The molecule has 0 radical (unpaired) electrons. The van der Waals surface area contributed by atoms with E-state index in [0.717, 1.165) is 16.6 Å². The number of aryl methyl sites for hydroxylation is 1. The van der Waals surface area contributed by atoms with E-state index in [2.05, 4.69) is 47.0 Å². The maximum Gasteiger partial charge on any atom is 0.177 e. The number of thioether (sulfide) groups is 1. The summed E-state index contributed by atoms with van der Waals surface area (Å²) in [5.41, 5.74) is 8.00. The van der Waals surface area contributed by atoms with Crippen LogP contribution in [0.4, 0.5) is 0 Å². The molecular formula is C13H18N4S. The molecule has 1 N–H and O–H groups in total. The van der Waals surface area contributed by atoms with Crippen molar-refractivity contribution in [2.45, 2.75) is 32.7 Å². The van der Waals surface area contributed by atoms with Gasteiger partial charge in [0.05, 0.1) is 11.8 Å². The number of nitrogens with zero attached hydrogens (tertiary/aromatic N) is 3. The lowest BCUT2D eigenvalue weighted by molar-refractivity contribution is 0.843. The zero-order valence-electron chi connectivity index (χ0n) is 11.0. The molecule has 2 aliphatic rings. The van der Waals surface area contributed by atoms with Crippen molar-refractivity contribution in [1.29, 1.82) is 0 Å². The molecule has 5 heteroatoms. The predicted molar refractivity (Wildman–Crippen MR) is 77.5 cm³/mol. The Hall–Kier alpha value is -1.23. The van der Waals surface area contributed by atoms with E-state index in [1.54, 1.807) is 11.8 Å². The van der Waals surface area contributed by atoms with E-state index in [9.17, 15) is 0 Å². The second-order valence-corrected chi connectivity index (χ2v) is 5.93. The molecule has 0 saturated heterocycles. The van der Waals surface area contributed by atoms with Gasteiger partial charge in [-0.15, -0.1) is 0 Å². The van der Waals surface area contributed by atoms with Gasteiger partial charge in [-0.2, -0.15) is 5.10 Å². The first-order valence-electron chi connectivity index (χ1n) is 6.31. The summed E-state index contributed by atoms with van der Waals surface area (Å²) in [7, 11) is 2.10. The molecule has 0 spiro atoms. The van der Waals surface area contributed by atoms with Gasteiger partial charge in [0.1, 0.15) is 0 Å². The molecule has 2 heterocycles. The number of rotatable bonds is 2. The standard InChI is InChI=1S/C13H18N4S/c1-8-6-11(9(2)17(8)3)12-7-18-13(16-15-12)14-10-4-5-10/h6,10H,4-5,7H2,1-3H3,(H,14,16). The van der Waals surface area contributed by atoms with Crippen molar-refractivity contribution in [3.05, 3.63) is 23.0 Å². The lowest BCUT2D eigenvalue weighted by atomic mass is 10.1. The summed E-state index contributed by atoms with van der Waals surface area (Å²) in [6.07, 6.45) is 2.47. The number of hydrazone groups is 1. The van der Waals surface area contributed by atoms with Crippen molar-refractivity contribution in [2.24, 2.45) is 17.1 Å². The van der Waals surface area contributed by atoms with E-state index in [-0.39, 0.29) is 0 Å². The van der Waals surface area contributed by atoms with Gasteiger partial charge in [-0.1, -0.05) is 11.8 Å². The molecule has 1 aromatic rings. The first kappa shape index (κ1) is 11.8. The lowest BCUT2D eigenvalue weighted by Crippen LogP contribution is -2.26. The van der Waals surface area contributed by atoms with Crippen LogP contribution >= 0.6 is 11.8 Å². The van der Waals surface area contributed by atoms with Crippen LogP contribution in [0, 0.1) is 13.8 Å². The van der Waals surface area contributed by atoms with Gasteiger partial charge in [-0.25, -0.2) is 0 Å². The van der Waals surface area contributed by atoms with Gasteiger partial charge >= 0.3 is 0 Å². The Morgan fingerprint density at radius 2 is 2.22 bits per heavy atom. The Morgan fingerprint density at radius 1 is 1.44 bits per heavy atom. The largest absolute Gasteiger partial charge is 0.351 e. The fraction of sp³-hybridized carbons (Fsp3) is 0.538. The summed E-state index contributed by atoms with van der Waals surface area (Å²) in [6.45, 7) is 4.27. The fourth-order valence-electron chi connectivity index (χ4n) is 2.04. The van der Waals surface area contributed by atoms with Gasteiger partial charge < -0.3 is 4.57 Å². The Kier molecular flexibility index (Phi) is 2.93. The van der Waals surface area contributed by atoms with E-state index in [0.29, 0.717) is 6.04 Å². The van der Waals surface area contributed by atoms with Gasteiger partial charge in [-0.3, -0.25) is 10.4 Å². The van der Waals surface area contributed by atoms with E-state index >= 15 is 0 Å². The normalized spacial score (nSPS) is 21.9. The minimum absolute atomic E-state index is 0.553. The lowest BCUT2D eigenvalue weighted by Gasteiger charge is -2.14. The highest BCUT2D eigenvalue weighted by Gasteiger charge is 2.23. The smallest absolute Gasteiger partial charge is 0.177 e. The third kappa shape index (κ3) is 2.19. The maximum atomic E-state index is 4.58. The molecule has 0 aromatic carbocycles. The summed E-state index contributed by atoms with van der Waals surface area (Å²) in [5.74, 6) is 0.906. The first-order valence-corrected chi connectivity index (χ1v) is 7.30. The molecule has 1 saturated carbocycles. The second kappa shape index (κ2) is 4.46. The minimum Gasteiger partial charge on any atom is -0.351 e. The average Bonchev–Trinajstić information content (AvgIpc) is 3.15. The topological polar surface area (TPSA) is 41.7 Å². The molecule has 4 nitrogen and oxygen atoms in total. The van der Waals surface area contributed by atoms with Crippen LogP contribution in [0.15, 0.2) is 16.2 Å². The van der Waals surface area contributed by atoms with Gasteiger partial charge in [0.25, 0.3) is 0 Å². The number of hydrogen-bond acceptors (Lipinski definition) is 3. The summed E-state index contributed by atoms with van der Waals surface area (Å²) in [5, 5.41) is 5.46. The number of amidine groups is 1. The van der Waals surface area contributed by atoms with Crippen LogP contribution in [0.25, 0.3) is 0 Å². The molecule has 18 heavy (non-hydrogen) atoms.